The van der Waals surface area contributed by atoms with E-state index in [9.17, 15) is 4.79 Å². The van der Waals surface area contributed by atoms with Crippen LogP contribution in [0.2, 0.25) is 6.04 Å². The SMILES string of the molecule is CC1(C)CCCC(C)(C)N1OC(COC(=O)c1ccc(CCl)cc1)c1ccc(CCCC[Si](Cl)(Cl)Cl)cc1. The molecule has 0 bridgehead atoms. The molecule has 9 heteroatoms. The number of ether oxygens (including phenoxy) is 1. The summed E-state index contributed by atoms with van der Waals surface area (Å²) in [5, 5.41) is 2.12. The van der Waals surface area contributed by atoms with E-state index in [2.05, 4.69) is 57.0 Å². The number of piperidine rings is 1. The van der Waals surface area contributed by atoms with Gasteiger partial charge in [0.25, 0.3) is 0 Å². The number of aryl methyl sites for hydroxylation is 1. The van der Waals surface area contributed by atoms with Crippen LogP contribution in [0, 0.1) is 0 Å². The Labute approximate surface area is 247 Å². The van der Waals surface area contributed by atoms with E-state index in [1.54, 1.807) is 12.1 Å². The summed E-state index contributed by atoms with van der Waals surface area (Å²) in [5.41, 5.74) is 3.33. The van der Waals surface area contributed by atoms with Gasteiger partial charge in [-0.2, -0.15) is 5.06 Å². The van der Waals surface area contributed by atoms with Crippen LogP contribution in [0.5, 0.6) is 0 Å². The third-order valence-electron chi connectivity index (χ3n) is 7.15. The van der Waals surface area contributed by atoms with E-state index in [-0.39, 0.29) is 23.7 Å². The monoisotopic (exact) mass is 617 g/mol. The Hall–Kier alpha value is -0.793. The van der Waals surface area contributed by atoms with E-state index in [4.69, 9.17) is 54.4 Å². The van der Waals surface area contributed by atoms with Crippen molar-refractivity contribution in [2.75, 3.05) is 6.61 Å². The van der Waals surface area contributed by atoms with Crippen molar-refractivity contribution in [2.45, 2.75) is 95.3 Å². The molecule has 3 rings (SSSR count). The van der Waals surface area contributed by atoms with Crippen molar-refractivity contribution < 1.29 is 14.4 Å². The lowest BCUT2D eigenvalue weighted by molar-refractivity contribution is -0.311. The highest BCUT2D eigenvalue weighted by molar-refractivity contribution is 7.64. The molecule has 210 valence electrons. The zero-order valence-electron chi connectivity index (χ0n) is 22.7. The molecule has 2 aromatic carbocycles. The van der Waals surface area contributed by atoms with Crippen molar-refractivity contribution in [3.05, 3.63) is 70.8 Å². The number of halogens is 4. The van der Waals surface area contributed by atoms with Crippen LogP contribution in [0.3, 0.4) is 0 Å². The van der Waals surface area contributed by atoms with Crippen LogP contribution in [0.4, 0.5) is 0 Å². The van der Waals surface area contributed by atoms with Crippen LogP contribution in [-0.4, -0.2) is 34.7 Å². The molecule has 0 radical (unpaired) electrons. The number of hydrogen-bond acceptors (Lipinski definition) is 4. The normalized spacial score (nSPS) is 18.2. The lowest BCUT2D eigenvalue weighted by Gasteiger charge is -2.52. The van der Waals surface area contributed by atoms with Crippen LogP contribution in [0.25, 0.3) is 0 Å². The second-order valence-corrected chi connectivity index (χ2v) is 20.9. The van der Waals surface area contributed by atoms with Gasteiger partial charge in [0.15, 0.2) is 0 Å². The highest BCUT2D eigenvalue weighted by Crippen LogP contribution is 2.40. The molecule has 1 fully saturated rings. The molecule has 4 nitrogen and oxygen atoms in total. The van der Waals surface area contributed by atoms with Crippen LogP contribution in [-0.2, 0) is 21.9 Å². The topological polar surface area (TPSA) is 38.8 Å². The number of esters is 1. The van der Waals surface area contributed by atoms with E-state index in [0.717, 1.165) is 49.7 Å². The van der Waals surface area contributed by atoms with Crippen LogP contribution in [0.1, 0.15) is 93.0 Å². The molecule has 0 aliphatic carbocycles. The van der Waals surface area contributed by atoms with Gasteiger partial charge in [0.2, 0.25) is 0 Å². The van der Waals surface area contributed by atoms with Crippen LogP contribution >= 0.6 is 44.8 Å². The molecular formula is C29H39Cl4NO3Si. The van der Waals surface area contributed by atoms with Crippen molar-refractivity contribution in [3.8, 4) is 0 Å². The van der Waals surface area contributed by atoms with Crippen molar-refractivity contribution >= 4 is 56.8 Å². The van der Waals surface area contributed by atoms with E-state index in [1.807, 2.05) is 12.1 Å². The summed E-state index contributed by atoms with van der Waals surface area (Å²) < 4.78 is 5.78. The number of hydroxylamine groups is 2. The maximum atomic E-state index is 12.8. The Morgan fingerprint density at radius 3 is 2.05 bits per heavy atom. The number of benzene rings is 2. The fourth-order valence-corrected chi connectivity index (χ4v) is 7.13. The van der Waals surface area contributed by atoms with Crippen molar-refractivity contribution in [1.29, 1.82) is 0 Å². The lowest BCUT2D eigenvalue weighted by atomic mass is 9.82. The number of carbonyl (C=O) groups excluding carboxylic acids is 1. The smallest absolute Gasteiger partial charge is 0.341 e. The van der Waals surface area contributed by atoms with Gasteiger partial charge in [-0.05, 0) is 94.7 Å². The molecule has 1 unspecified atom stereocenters. The van der Waals surface area contributed by atoms with E-state index >= 15 is 0 Å². The summed E-state index contributed by atoms with van der Waals surface area (Å²) in [6, 6.07) is 13.6. The van der Waals surface area contributed by atoms with Gasteiger partial charge in [0, 0.05) is 17.0 Å². The quantitative estimate of drug-likeness (QED) is 0.0781. The molecule has 0 saturated carbocycles. The van der Waals surface area contributed by atoms with Gasteiger partial charge in [-0.25, -0.2) is 4.79 Å². The average Bonchev–Trinajstić information content (AvgIpc) is 2.85. The molecule has 2 aromatic rings. The number of unbranched alkanes of at least 4 members (excludes halogenated alkanes) is 1. The molecule has 38 heavy (non-hydrogen) atoms. The fourth-order valence-electron chi connectivity index (χ4n) is 5.09. The average molecular weight is 620 g/mol. The van der Waals surface area contributed by atoms with Crippen molar-refractivity contribution in [3.63, 3.8) is 0 Å². The third-order valence-corrected chi connectivity index (χ3v) is 10.1. The number of alkyl halides is 1. The number of rotatable bonds is 12. The molecule has 1 saturated heterocycles. The predicted molar refractivity (Wildman–Crippen MR) is 161 cm³/mol. The molecule has 1 aliphatic heterocycles. The Bertz CT molecular complexity index is 1020. The van der Waals surface area contributed by atoms with Crippen molar-refractivity contribution in [1.82, 2.24) is 5.06 Å². The molecule has 0 aromatic heterocycles. The highest BCUT2D eigenvalue weighted by Gasteiger charge is 2.44. The number of carbonyl (C=O) groups is 1. The van der Waals surface area contributed by atoms with E-state index in [1.165, 1.54) is 5.56 Å². The molecule has 1 atom stereocenters. The Morgan fingerprint density at radius 2 is 1.50 bits per heavy atom. The molecular weight excluding hydrogens is 580 g/mol. The number of nitrogens with zero attached hydrogens (tertiary/aromatic N) is 1. The standard InChI is InChI=1S/C29H39Cl4NO3Si/c1-28(2)17-7-18-29(3,4)34(28)37-26(21-36-27(35)25-15-11-23(20-30)12-16-25)24-13-9-22(10-14-24)8-5-6-19-38(31,32)33/h9-16,26H,5-8,17-21H2,1-4H3. The van der Waals surface area contributed by atoms with Gasteiger partial charge in [-0.1, -0.05) is 42.8 Å². The Balaban J connectivity index is 1.74. The highest BCUT2D eigenvalue weighted by atomic mass is 35.8. The third kappa shape index (κ3) is 9.40. The van der Waals surface area contributed by atoms with E-state index in [0.29, 0.717) is 17.5 Å². The minimum atomic E-state index is -2.56. The van der Waals surface area contributed by atoms with Gasteiger partial charge in [-0.3, -0.25) is 4.84 Å². The fraction of sp³-hybridized carbons (Fsp3) is 0.552. The first kappa shape index (κ1) is 31.7. The second-order valence-electron chi connectivity index (χ2n) is 11.4. The second kappa shape index (κ2) is 13.7. The zero-order chi connectivity index (χ0) is 28.0. The Morgan fingerprint density at radius 1 is 0.921 bits per heavy atom. The predicted octanol–water partition coefficient (Wildman–Crippen LogP) is 9.28. The Kier molecular flexibility index (Phi) is 11.5. The van der Waals surface area contributed by atoms with Crippen molar-refractivity contribution in [2.24, 2.45) is 0 Å². The molecule has 1 aliphatic rings. The largest absolute Gasteiger partial charge is 0.459 e. The number of hydrogen-bond donors (Lipinski definition) is 0. The molecule has 0 amide bonds. The minimum absolute atomic E-state index is 0.103. The van der Waals surface area contributed by atoms with Gasteiger partial charge in [-0.15, -0.1) is 44.8 Å². The van der Waals surface area contributed by atoms with Gasteiger partial charge >= 0.3 is 12.0 Å². The van der Waals surface area contributed by atoms with Crippen LogP contribution in [0.15, 0.2) is 48.5 Å². The van der Waals surface area contributed by atoms with Gasteiger partial charge in [0.1, 0.15) is 12.7 Å². The molecule has 0 N–H and O–H groups in total. The molecule has 1 heterocycles. The summed E-state index contributed by atoms with van der Waals surface area (Å²) >= 11 is 23.9. The summed E-state index contributed by atoms with van der Waals surface area (Å²) in [7, 11) is 0. The van der Waals surface area contributed by atoms with Gasteiger partial charge in [0.05, 0.1) is 5.56 Å². The minimum Gasteiger partial charge on any atom is -0.459 e. The maximum Gasteiger partial charge on any atom is 0.341 e. The lowest BCUT2D eigenvalue weighted by Crippen LogP contribution is -2.58. The maximum absolute atomic E-state index is 12.8. The zero-order valence-corrected chi connectivity index (χ0v) is 26.8. The first-order valence-corrected chi connectivity index (χ1v) is 19.0. The summed E-state index contributed by atoms with van der Waals surface area (Å²) in [6.45, 7) is 8.93. The summed E-state index contributed by atoms with van der Waals surface area (Å²) in [6.07, 6.45) is 5.56. The first-order chi connectivity index (χ1) is 17.8. The van der Waals surface area contributed by atoms with E-state index < -0.39 is 12.1 Å². The van der Waals surface area contributed by atoms with Crippen LogP contribution < -0.4 is 0 Å². The van der Waals surface area contributed by atoms with Gasteiger partial charge < -0.3 is 4.74 Å². The summed E-state index contributed by atoms with van der Waals surface area (Å²) in [4.78, 5) is 19.6. The molecule has 0 spiro atoms. The first-order valence-electron chi connectivity index (χ1n) is 13.3. The summed E-state index contributed by atoms with van der Waals surface area (Å²) in [5.74, 6) is 0.0167.